The van der Waals surface area contributed by atoms with Gasteiger partial charge in [-0.1, -0.05) is 30.3 Å². The van der Waals surface area contributed by atoms with Gasteiger partial charge in [0.25, 0.3) is 0 Å². The van der Waals surface area contributed by atoms with E-state index in [0.29, 0.717) is 0 Å². The largest absolute Gasteiger partial charge is 0.378 e. The fourth-order valence-corrected chi connectivity index (χ4v) is 2.86. The van der Waals surface area contributed by atoms with Gasteiger partial charge in [-0.3, -0.25) is 0 Å². The molecule has 2 N–H and O–H groups in total. The van der Waals surface area contributed by atoms with E-state index < -0.39 is 0 Å². The van der Waals surface area contributed by atoms with E-state index in [9.17, 15) is 0 Å². The van der Waals surface area contributed by atoms with Crippen LogP contribution in [0, 0.1) is 0 Å². The van der Waals surface area contributed by atoms with E-state index in [1.165, 1.54) is 31.2 Å². The van der Waals surface area contributed by atoms with Crippen molar-refractivity contribution in [3.05, 3.63) is 35.9 Å². The molecule has 0 amide bonds. The average molecular weight is 247 g/mol. The Kier molecular flexibility index (Phi) is 4.79. The maximum atomic E-state index is 6.23. The summed E-state index contributed by atoms with van der Waals surface area (Å²) in [5, 5.41) is 0. The normalized spacial score (nSPS) is 19.2. The zero-order valence-corrected chi connectivity index (χ0v) is 11.4. The topological polar surface area (TPSA) is 35.2 Å². The Balaban J connectivity index is 1.67. The smallest absolute Gasteiger partial charge is 0.0693 e. The Bertz CT molecular complexity index is 340. The maximum absolute atomic E-state index is 6.23. The zero-order chi connectivity index (χ0) is 12.8. The summed E-state index contributed by atoms with van der Waals surface area (Å²) in [6.07, 6.45) is 8.11. The highest BCUT2D eigenvalue weighted by Gasteiger charge is 2.37. The minimum absolute atomic E-state index is 0.117. The van der Waals surface area contributed by atoms with E-state index in [0.717, 1.165) is 19.3 Å². The standard InChI is InChI=1S/C16H25NO/c1-18-16(11-6-12-16)13-15(17)10-5-9-14-7-3-2-4-8-14/h2-4,7-8,15H,5-6,9-13,17H2,1H3. The van der Waals surface area contributed by atoms with Crippen molar-refractivity contribution < 1.29 is 4.74 Å². The van der Waals surface area contributed by atoms with Crippen molar-refractivity contribution in [3.8, 4) is 0 Å². The molecule has 2 nitrogen and oxygen atoms in total. The lowest BCUT2D eigenvalue weighted by atomic mass is 9.75. The molecular weight excluding hydrogens is 222 g/mol. The summed E-state index contributed by atoms with van der Waals surface area (Å²) in [7, 11) is 1.83. The molecule has 0 radical (unpaired) electrons. The molecule has 1 atom stereocenters. The van der Waals surface area contributed by atoms with E-state index in [-0.39, 0.29) is 11.6 Å². The quantitative estimate of drug-likeness (QED) is 0.802. The summed E-state index contributed by atoms with van der Waals surface area (Å²) in [4.78, 5) is 0. The monoisotopic (exact) mass is 247 g/mol. The van der Waals surface area contributed by atoms with Gasteiger partial charge in [-0.05, 0) is 50.5 Å². The lowest BCUT2D eigenvalue weighted by molar-refractivity contribution is -0.0818. The highest BCUT2D eigenvalue weighted by molar-refractivity contribution is 5.14. The SMILES string of the molecule is COC1(CC(N)CCCc2ccccc2)CCC1. The van der Waals surface area contributed by atoms with Crippen LogP contribution >= 0.6 is 0 Å². The van der Waals surface area contributed by atoms with Crippen LogP contribution in [0.15, 0.2) is 30.3 Å². The first-order chi connectivity index (χ1) is 8.74. The van der Waals surface area contributed by atoms with Crippen LogP contribution < -0.4 is 5.73 Å². The molecule has 2 rings (SSSR count). The number of ether oxygens (including phenoxy) is 1. The predicted molar refractivity (Wildman–Crippen MR) is 75.6 cm³/mol. The lowest BCUT2D eigenvalue weighted by Gasteiger charge is -2.42. The number of aryl methyl sites for hydroxylation is 1. The fraction of sp³-hybridized carbons (Fsp3) is 0.625. The molecule has 100 valence electrons. The summed E-state index contributed by atoms with van der Waals surface area (Å²) >= 11 is 0. The van der Waals surface area contributed by atoms with Gasteiger partial charge in [0, 0.05) is 13.2 Å². The Morgan fingerprint density at radius 2 is 2.00 bits per heavy atom. The summed E-state index contributed by atoms with van der Waals surface area (Å²) in [5.74, 6) is 0. The van der Waals surface area contributed by atoms with Gasteiger partial charge in [-0.2, -0.15) is 0 Å². The molecule has 2 heteroatoms. The minimum atomic E-state index is 0.117. The second-order valence-electron chi connectivity index (χ2n) is 5.58. The van der Waals surface area contributed by atoms with Crippen molar-refractivity contribution >= 4 is 0 Å². The van der Waals surface area contributed by atoms with Crippen LogP contribution in [0.1, 0.15) is 44.1 Å². The van der Waals surface area contributed by atoms with Crippen LogP contribution in [-0.4, -0.2) is 18.8 Å². The molecule has 1 fully saturated rings. The third kappa shape index (κ3) is 3.56. The van der Waals surface area contributed by atoms with Gasteiger partial charge in [-0.25, -0.2) is 0 Å². The van der Waals surface area contributed by atoms with Gasteiger partial charge in [0.15, 0.2) is 0 Å². The van der Waals surface area contributed by atoms with Crippen LogP contribution in [0.5, 0.6) is 0 Å². The number of hydrogen-bond donors (Lipinski definition) is 1. The van der Waals surface area contributed by atoms with Gasteiger partial charge >= 0.3 is 0 Å². The third-order valence-corrected chi connectivity index (χ3v) is 4.22. The second kappa shape index (κ2) is 6.35. The average Bonchev–Trinajstić information content (AvgIpc) is 2.35. The molecule has 0 aromatic heterocycles. The second-order valence-corrected chi connectivity index (χ2v) is 5.58. The molecule has 1 saturated carbocycles. The van der Waals surface area contributed by atoms with Crippen LogP contribution in [0.2, 0.25) is 0 Å². The Morgan fingerprint density at radius 1 is 1.28 bits per heavy atom. The number of hydrogen-bond acceptors (Lipinski definition) is 2. The summed E-state index contributed by atoms with van der Waals surface area (Å²) < 4.78 is 5.63. The van der Waals surface area contributed by atoms with Gasteiger partial charge in [0.2, 0.25) is 0 Å². The number of rotatable bonds is 7. The van der Waals surface area contributed by atoms with Crippen LogP contribution in [-0.2, 0) is 11.2 Å². The van der Waals surface area contributed by atoms with Gasteiger partial charge in [-0.15, -0.1) is 0 Å². The van der Waals surface area contributed by atoms with Crippen molar-refractivity contribution in [2.45, 2.75) is 56.6 Å². The first-order valence-corrected chi connectivity index (χ1v) is 7.09. The summed E-state index contributed by atoms with van der Waals surface area (Å²) in [6, 6.07) is 10.9. The Labute approximate surface area is 111 Å². The van der Waals surface area contributed by atoms with Crippen molar-refractivity contribution in [1.82, 2.24) is 0 Å². The molecule has 1 aromatic carbocycles. The highest BCUT2D eigenvalue weighted by atomic mass is 16.5. The molecule has 1 unspecified atom stereocenters. The zero-order valence-electron chi connectivity index (χ0n) is 11.4. The van der Waals surface area contributed by atoms with E-state index in [1.807, 2.05) is 7.11 Å². The van der Waals surface area contributed by atoms with Crippen molar-refractivity contribution in [1.29, 1.82) is 0 Å². The van der Waals surface area contributed by atoms with E-state index in [2.05, 4.69) is 30.3 Å². The minimum Gasteiger partial charge on any atom is -0.378 e. The summed E-state index contributed by atoms with van der Waals surface area (Å²) in [6.45, 7) is 0. The molecule has 1 aromatic rings. The molecule has 1 aliphatic rings. The van der Waals surface area contributed by atoms with E-state index >= 15 is 0 Å². The fourth-order valence-electron chi connectivity index (χ4n) is 2.86. The molecule has 0 saturated heterocycles. The third-order valence-electron chi connectivity index (χ3n) is 4.22. The van der Waals surface area contributed by atoms with Crippen molar-refractivity contribution in [3.63, 3.8) is 0 Å². The molecule has 1 aliphatic carbocycles. The van der Waals surface area contributed by atoms with E-state index in [4.69, 9.17) is 10.5 Å². The van der Waals surface area contributed by atoms with Gasteiger partial charge in [0.1, 0.15) is 0 Å². The molecule has 0 spiro atoms. The number of benzene rings is 1. The van der Waals surface area contributed by atoms with Crippen LogP contribution in [0.25, 0.3) is 0 Å². The number of nitrogens with two attached hydrogens (primary N) is 1. The lowest BCUT2D eigenvalue weighted by Crippen LogP contribution is -2.44. The van der Waals surface area contributed by atoms with Gasteiger partial charge < -0.3 is 10.5 Å². The van der Waals surface area contributed by atoms with Crippen LogP contribution in [0.3, 0.4) is 0 Å². The van der Waals surface area contributed by atoms with Crippen molar-refractivity contribution in [2.24, 2.45) is 5.73 Å². The van der Waals surface area contributed by atoms with Crippen LogP contribution in [0.4, 0.5) is 0 Å². The molecule has 0 bridgehead atoms. The molecule has 0 aliphatic heterocycles. The van der Waals surface area contributed by atoms with Crippen molar-refractivity contribution in [2.75, 3.05) is 7.11 Å². The van der Waals surface area contributed by atoms with E-state index in [1.54, 1.807) is 0 Å². The Hall–Kier alpha value is -0.860. The molecule has 18 heavy (non-hydrogen) atoms. The molecule has 0 heterocycles. The first kappa shape index (κ1) is 13.6. The first-order valence-electron chi connectivity index (χ1n) is 7.09. The number of methoxy groups -OCH3 is 1. The summed E-state index contributed by atoms with van der Waals surface area (Å²) in [5.41, 5.74) is 7.76. The predicted octanol–water partition coefficient (Wildman–Crippen LogP) is 3.30. The maximum Gasteiger partial charge on any atom is 0.0693 e. The molecular formula is C16H25NO. The highest BCUT2D eigenvalue weighted by Crippen LogP contribution is 2.39. The van der Waals surface area contributed by atoms with Gasteiger partial charge in [0.05, 0.1) is 5.60 Å². The Morgan fingerprint density at radius 3 is 2.56 bits per heavy atom.